The third kappa shape index (κ3) is 3.15. The van der Waals surface area contributed by atoms with Gasteiger partial charge in [-0.25, -0.2) is 4.98 Å². The number of nitrogens with zero attached hydrogens (tertiary/aromatic N) is 1. The standard InChI is InChI=1S/C4H4IN3S.C2H6/c5-2-3(6)7-1-8-4(2)9;1-2/h1H,(H3,6,7,8,9);1-2H3. The van der Waals surface area contributed by atoms with Gasteiger partial charge in [-0.3, -0.25) is 0 Å². The fourth-order valence-corrected chi connectivity index (χ4v) is 0.853. The van der Waals surface area contributed by atoms with Crippen LogP contribution in [0.4, 0.5) is 5.82 Å². The quantitative estimate of drug-likeness (QED) is 0.567. The van der Waals surface area contributed by atoms with Gasteiger partial charge in [-0.05, 0) is 22.6 Å². The molecule has 0 bridgehead atoms. The monoisotopic (exact) mass is 283 g/mol. The van der Waals surface area contributed by atoms with Gasteiger partial charge in [0.15, 0.2) is 0 Å². The molecule has 62 valence electrons. The molecule has 0 saturated heterocycles. The highest BCUT2D eigenvalue weighted by atomic mass is 127. The smallest absolute Gasteiger partial charge is 0.144 e. The Morgan fingerprint density at radius 2 is 2.18 bits per heavy atom. The van der Waals surface area contributed by atoms with Crippen molar-refractivity contribution in [1.29, 1.82) is 0 Å². The lowest BCUT2D eigenvalue weighted by molar-refractivity contribution is 1.14. The summed E-state index contributed by atoms with van der Waals surface area (Å²) in [5, 5.41) is 0. The second kappa shape index (κ2) is 5.48. The first-order chi connectivity index (χ1) is 5.22. The summed E-state index contributed by atoms with van der Waals surface area (Å²) in [6.07, 6.45) is 1.49. The van der Waals surface area contributed by atoms with E-state index < -0.39 is 0 Å². The molecular weight excluding hydrogens is 273 g/mol. The van der Waals surface area contributed by atoms with Crippen molar-refractivity contribution in [3.8, 4) is 0 Å². The second-order valence-corrected chi connectivity index (χ2v) is 2.90. The fourth-order valence-electron chi connectivity index (χ4n) is 0.396. The van der Waals surface area contributed by atoms with E-state index in [0.29, 0.717) is 10.5 Å². The number of halogens is 1. The van der Waals surface area contributed by atoms with Crippen LogP contribution in [-0.2, 0) is 0 Å². The van der Waals surface area contributed by atoms with Crippen LogP contribution in [0, 0.1) is 8.21 Å². The largest absolute Gasteiger partial charge is 0.384 e. The first-order valence-corrected chi connectivity index (χ1v) is 4.69. The normalized spacial score (nSPS) is 8.27. The predicted octanol–water partition coefficient (Wildman–Crippen LogP) is 2.35. The topological polar surface area (TPSA) is 54.7 Å². The van der Waals surface area contributed by atoms with Crippen LogP contribution in [0.15, 0.2) is 6.33 Å². The van der Waals surface area contributed by atoms with Crippen molar-refractivity contribution in [1.82, 2.24) is 9.97 Å². The molecule has 0 aliphatic heterocycles. The summed E-state index contributed by atoms with van der Waals surface area (Å²) in [7, 11) is 0. The van der Waals surface area contributed by atoms with Gasteiger partial charge in [0.25, 0.3) is 0 Å². The van der Waals surface area contributed by atoms with Crippen LogP contribution in [0.25, 0.3) is 0 Å². The molecule has 0 aromatic carbocycles. The molecular formula is C6H10IN3S. The number of anilines is 1. The molecule has 0 spiro atoms. The number of rotatable bonds is 0. The molecule has 1 aromatic heterocycles. The number of hydrogen-bond acceptors (Lipinski definition) is 3. The van der Waals surface area contributed by atoms with E-state index in [2.05, 4.69) is 9.97 Å². The Bertz CT molecular complexity index is 271. The van der Waals surface area contributed by atoms with Crippen LogP contribution in [0.1, 0.15) is 13.8 Å². The zero-order valence-electron chi connectivity index (χ0n) is 6.39. The first kappa shape index (κ1) is 10.8. The van der Waals surface area contributed by atoms with Crippen molar-refractivity contribution in [3.05, 3.63) is 14.5 Å². The van der Waals surface area contributed by atoms with Crippen molar-refractivity contribution in [3.63, 3.8) is 0 Å². The summed E-state index contributed by atoms with van der Waals surface area (Å²) in [5.74, 6) is 0.579. The van der Waals surface area contributed by atoms with Crippen LogP contribution in [0.2, 0.25) is 0 Å². The van der Waals surface area contributed by atoms with Crippen molar-refractivity contribution in [2.75, 3.05) is 5.73 Å². The van der Waals surface area contributed by atoms with Crippen LogP contribution >= 0.6 is 34.8 Å². The summed E-state index contributed by atoms with van der Waals surface area (Å²) in [5.41, 5.74) is 5.45. The zero-order chi connectivity index (χ0) is 8.85. The Morgan fingerprint density at radius 1 is 1.64 bits per heavy atom. The number of aromatic nitrogens is 2. The molecule has 1 aromatic rings. The molecule has 11 heavy (non-hydrogen) atoms. The van der Waals surface area contributed by atoms with Crippen LogP contribution in [0.5, 0.6) is 0 Å². The van der Waals surface area contributed by atoms with E-state index in [1.807, 2.05) is 36.4 Å². The van der Waals surface area contributed by atoms with Gasteiger partial charge in [-0.1, -0.05) is 26.1 Å². The van der Waals surface area contributed by atoms with Gasteiger partial charge in [0.05, 0.1) is 9.90 Å². The molecule has 3 N–H and O–H groups in total. The molecule has 0 amide bonds. The molecule has 3 nitrogen and oxygen atoms in total. The third-order valence-electron chi connectivity index (χ3n) is 0.826. The van der Waals surface area contributed by atoms with E-state index in [0.717, 1.165) is 3.57 Å². The van der Waals surface area contributed by atoms with E-state index in [-0.39, 0.29) is 0 Å². The second-order valence-electron chi connectivity index (χ2n) is 1.44. The summed E-state index contributed by atoms with van der Waals surface area (Å²) >= 11 is 6.87. The van der Waals surface area contributed by atoms with Gasteiger partial charge in [-0.2, -0.15) is 0 Å². The Kier molecular flexibility index (Phi) is 5.39. The Morgan fingerprint density at radius 3 is 2.55 bits per heavy atom. The molecule has 0 aliphatic rings. The number of hydrogen-bond donors (Lipinski definition) is 2. The Labute approximate surface area is 84.6 Å². The average molecular weight is 283 g/mol. The minimum Gasteiger partial charge on any atom is -0.384 e. The molecule has 1 heterocycles. The van der Waals surface area contributed by atoms with Gasteiger partial charge < -0.3 is 10.7 Å². The summed E-state index contributed by atoms with van der Waals surface area (Å²) in [6.45, 7) is 4.00. The SMILES string of the molecule is CC.Nc1[nH]cnc(=S)c1I. The first-order valence-electron chi connectivity index (χ1n) is 3.20. The van der Waals surface area contributed by atoms with Crippen molar-refractivity contribution in [2.24, 2.45) is 0 Å². The van der Waals surface area contributed by atoms with Crippen LogP contribution in [-0.4, -0.2) is 9.97 Å². The maximum absolute atomic E-state index is 5.45. The minimum absolute atomic E-state index is 0.548. The summed E-state index contributed by atoms with van der Waals surface area (Å²) < 4.78 is 1.36. The molecule has 0 saturated carbocycles. The lowest BCUT2D eigenvalue weighted by atomic mass is 10.6. The summed E-state index contributed by atoms with van der Waals surface area (Å²) in [6, 6.07) is 0. The van der Waals surface area contributed by atoms with E-state index in [1.165, 1.54) is 6.33 Å². The average Bonchev–Trinajstić information content (AvgIpc) is 2.04. The van der Waals surface area contributed by atoms with Crippen molar-refractivity contribution in [2.45, 2.75) is 13.8 Å². The highest BCUT2D eigenvalue weighted by Crippen LogP contribution is 2.09. The molecule has 0 aliphatic carbocycles. The van der Waals surface area contributed by atoms with Gasteiger partial charge in [-0.15, -0.1) is 0 Å². The Hall–Kier alpha value is -0.170. The van der Waals surface area contributed by atoms with E-state index in [4.69, 9.17) is 18.0 Å². The van der Waals surface area contributed by atoms with E-state index >= 15 is 0 Å². The highest BCUT2D eigenvalue weighted by Gasteiger charge is 1.93. The maximum atomic E-state index is 5.45. The summed E-state index contributed by atoms with van der Waals surface area (Å²) in [4.78, 5) is 6.54. The number of nitrogens with one attached hydrogen (secondary N) is 1. The van der Waals surface area contributed by atoms with E-state index in [1.54, 1.807) is 0 Å². The van der Waals surface area contributed by atoms with Gasteiger partial charge in [0.2, 0.25) is 0 Å². The minimum atomic E-state index is 0.548. The lowest BCUT2D eigenvalue weighted by Crippen LogP contribution is -1.94. The molecule has 0 atom stereocenters. The van der Waals surface area contributed by atoms with Gasteiger partial charge in [0.1, 0.15) is 10.5 Å². The fraction of sp³-hybridized carbons (Fsp3) is 0.333. The third-order valence-corrected chi connectivity index (χ3v) is 2.59. The van der Waals surface area contributed by atoms with Crippen molar-refractivity contribution < 1.29 is 0 Å². The van der Waals surface area contributed by atoms with E-state index in [9.17, 15) is 0 Å². The predicted molar refractivity (Wildman–Crippen MR) is 57.9 cm³/mol. The van der Waals surface area contributed by atoms with Gasteiger partial charge in [0, 0.05) is 0 Å². The molecule has 5 heteroatoms. The van der Waals surface area contributed by atoms with Crippen molar-refractivity contribution >= 4 is 40.6 Å². The zero-order valence-corrected chi connectivity index (χ0v) is 9.36. The number of nitrogen functional groups attached to an aromatic ring is 1. The molecule has 0 unspecified atom stereocenters. The molecule has 0 radical (unpaired) electrons. The molecule has 1 rings (SSSR count). The lowest BCUT2D eigenvalue weighted by Gasteiger charge is -1.93. The molecule has 0 fully saturated rings. The maximum Gasteiger partial charge on any atom is 0.144 e. The highest BCUT2D eigenvalue weighted by molar-refractivity contribution is 14.1. The Balaban J connectivity index is 0.000000461. The number of H-pyrrole nitrogens is 1. The van der Waals surface area contributed by atoms with Crippen LogP contribution < -0.4 is 5.73 Å². The van der Waals surface area contributed by atoms with Gasteiger partial charge >= 0.3 is 0 Å². The number of nitrogens with two attached hydrogens (primary N) is 1. The van der Waals surface area contributed by atoms with Crippen LogP contribution in [0.3, 0.4) is 0 Å². The number of aromatic amines is 1.